The largest absolute Gasteiger partial charge is 0.419 e. The molecule has 5 nitrogen and oxygen atoms in total. The van der Waals surface area contributed by atoms with Gasteiger partial charge in [-0.3, -0.25) is 4.79 Å². The van der Waals surface area contributed by atoms with Gasteiger partial charge in [0.1, 0.15) is 6.33 Å². The second-order valence-corrected chi connectivity index (χ2v) is 6.56. The standard InChI is InChI=1S/C21H14F4N4O/c22-20-16(21(23,24)25)2-1-3-17(20)28-19(30)10-13-4-6-14(7-5-13)15-8-9-29-18(11-15)26-12-27-29/h1-9,11-12H,10H2,(H,28,30). The van der Waals surface area contributed by atoms with Gasteiger partial charge in [0.25, 0.3) is 0 Å². The van der Waals surface area contributed by atoms with Crippen molar-refractivity contribution in [3.63, 3.8) is 0 Å². The Labute approximate surface area is 168 Å². The molecule has 0 spiro atoms. The van der Waals surface area contributed by atoms with Gasteiger partial charge < -0.3 is 5.32 Å². The van der Waals surface area contributed by atoms with E-state index in [1.54, 1.807) is 22.8 Å². The van der Waals surface area contributed by atoms with Gasteiger partial charge in [-0.2, -0.15) is 18.3 Å². The van der Waals surface area contributed by atoms with Crippen LogP contribution in [0.15, 0.2) is 67.1 Å². The molecule has 0 aliphatic heterocycles. The van der Waals surface area contributed by atoms with Gasteiger partial charge in [-0.15, -0.1) is 0 Å². The van der Waals surface area contributed by atoms with E-state index in [9.17, 15) is 22.4 Å². The molecule has 2 aromatic carbocycles. The van der Waals surface area contributed by atoms with Crippen LogP contribution in [0.5, 0.6) is 0 Å². The van der Waals surface area contributed by atoms with Crippen LogP contribution >= 0.6 is 0 Å². The third kappa shape index (κ3) is 4.00. The van der Waals surface area contributed by atoms with Gasteiger partial charge in [-0.1, -0.05) is 30.3 Å². The van der Waals surface area contributed by atoms with E-state index in [0.29, 0.717) is 17.3 Å². The fourth-order valence-electron chi connectivity index (χ4n) is 3.04. The number of anilines is 1. The van der Waals surface area contributed by atoms with Crippen molar-refractivity contribution in [2.24, 2.45) is 0 Å². The Morgan fingerprint density at radius 3 is 2.53 bits per heavy atom. The molecule has 1 N–H and O–H groups in total. The van der Waals surface area contributed by atoms with Crippen LogP contribution in [0.25, 0.3) is 16.8 Å². The highest BCUT2D eigenvalue weighted by Crippen LogP contribution is 2.34. The van der Waals surface area contributed by atoms with Gasteiger partial charge in [0.2, 0.25) is 5.91 Å². The zero-order valence-electron chi connectivity index (χ0n) is 15.3. The molecular weight excluding hydrogens is 400 g/mol. The lowest BCUT2D eigenvalue weighted by Gasteiger charge is -2.12. The maximum absolute atomic E-state index is 14.0. The Morgan fingerprint density at radius 1 is 1.03 bits per heavy atom. The highest BCUT2D eigenvalue weighted by Gasteiger charge is 2.35. The Morgan fingerprint density at radius 2 is 1.80 bits per heavy atom. The molecule has 0 unspecified atom stereocenters. The zero-order valence-corrected chi connectivity index (χ0v) is 15.3. The number of nitrogens with one attached hydrogen (secondary N) is 1. The molecule has 0 atom stereocenters. The summed E-state index contributed by atoms with van der Waals surface area (Å²) in [6, 6.07) is 13.6. The third-order valence-corrected chi connectivity index (χ3v) is 4.51. The lowest BCUT2D eigenvalue weighted by atomic mass is 10.0. The van der Waals surface area contributed by atoms with Crippen molar-refractivity contribution in [1.29, 1.82) is 0 Å². The van der Waals surface area contributed by atoms with Gasteiger partial charge >= 0.3 is 6.18 Å². The van der Waals surface area contributed by atoms with Gasteiger partial charge in [-0.05, 0) is 41.0 Å². The van der Waals surface area contributed by atoms with Crippen LogP contribution in [0.3, 0.4) is 0 Å². The van der Waals surface area contributed by atoms with Crippen LogP contribution in [0.2, 0.25) is 0 Å². The second-order valence-electron chi connectivity index (χ2n) is 6.56. The molecule has 0 saturated carbocycles. The van der Waals surface area contributed by atoms with E-state index in [0.717, 1.165) is 23.3 Å². The van der Waals surface area contributed by atoms with Crippen molar-refractivity contribution < 1.29 is 22.4 Å². The molecule has 9 heteroatoms. The number of nitrogens with zero attached hydrogens (tertiary/aromatic N) is 3. The molecule has 0 fully saturated rings. The lowest BCUT2D eigenvalue weighted by molar-refractivity contribution is -0.140. The molecule has 0 bridgehead atoms. The first-order valence-electron chi connectivity index (χ1n) is 8.85. The Bertz CT molecular complexity index is 1220. The molecule has 0 radical (unpaired) electrons. The van der Waals surface area contributed by atoms with Gasteiger partial charge in [0.15, 0.2) is 11.5 Å². The highest BCUT2D eigenvalue weighted by atomic mass is 19.4. The number of carbonyl (C=O) groups excluding carboxylic acids is 1. The van der Waals surface area contributed by atoms with E-state index in [-0.39, 0.29) is 6.42 Å². The molecule has 0 aliphatic carbocycles. The smallest absolute Gasteiger partial charge is 0.323 e. The summed E-state index contributed by atoms with van der Waals surface area (Å²) in [6.07, 6.45) is -1.72. The number of benzene rings is 2. The van der Waals surface area contributed by atoms with E-state index in [4.69, 9.17) is 0 Å². The third-order valence-electron chi connectivity index (χ3n) is 4.51. The fraction of sp³-hybridized carbons (Fsp3) is 0.0952. The summed E-state index contributed by atoms with van der Waals surface area (Å²) < 4.78 is 54.1. The summed E-state index contributed by atoms with van der Waals surface area (Å²) in [4.78, 5) is 16.3. The van der Waals surface area contributed by atoms with Crippen molar-refractivity contribution in [3.8, 4) is 11.1 Å². The number of carbonyl (C=O) groups is 1. The summed E-state index contributed by atoms with van der Waals surface area (Å²) in [5.74, 6) is -2.12. The number of hydrogen-bond acceptors (Lipinski definition) is 3. The van der Waals surface area contributed by atoms with E-state index >= 15 is 0 Å². The number of halogens is 4. The molecule has 30 heavy (non-hydrogen) atoms. The monoisotopic (exact) mass is 414 g/mol. The van der Waals surface area contributed by atoms with Crippen molar-refractivity contribution >= 4 is 17.2 Å². The summed E-state index contributed by atoms with van der Waals surface area (Å²) >= 11 is 0. The molecule has 0 saturated heterocycles. The van der Waals surface area contributed by atoms with Crippen molar-refractivity contribution in [3.05, 3.63) is 84.1 Å². The summed E-state index contributed by atoms with van der Waals surface area (Å²) in [7, 11) is 0. The van der Waals surface area contributed by atoms with Crippen molar-refractivity contribution in [2.45, 2.75) is 12.6 Å². The van der Waals surface area contributed by atoms with E-state index in [1.165, 1.54) is 6.33 Å². The number of pyridine rings is 1. The number of rotatable bonds is 4. The first-order valence-corrected chi connectivity index (χ1v) is 8.85. The predicted octanol–water partition coefficient (Wildman–Crippen LogP) is 4.74. The predicted molar refractivity (Wildman–Crippen MR) is 102 cm³/mol. The quantitative estimate of drug-likeness (QED) is 0.491. The fourth-order valence-corrected chi connectivity index (χ4v) is 3.04. The summed E-state index contributed by atoms with van der Waals surface area (Å²) in [5.41, 5.74) is 1.21. The van der Waals surface area contributed by atoms with Gasteiger partial charge in [0, 0.05) is 6.20 Å². The van der Waals surface area contributed by atoms with Crippen LogP contribution in [-0.4, -0.2) is 20.5 Å². The minimum absolute atomic E-state index is 0.112. The number of aromatic nitrogens is 3. The zero-order chi connectivity index (χ0) is 21.3. The Balaban J connectivity index is 1.46. The molecule has 4 aromatic rings. The first-order chi connectivity index (χ1) is 14.3. The molecule has 2 heterocycles. The number of alkyl halides is 3. The molecule has 1 amide bonds. The lowest BCUT2D eigenvalue weighted by Crippen LogP contribution is -2.17. The van der Waals surface area contributed by atoms with E-state index in [2.05, 4.69) is 15.4 Å². The molecule has 2 aromatic heterocycles. The average molecular weight is 414 g/mol. The Hall–Kier alpha value is -3.75. The SMILES string of the molecule is O=C(Cc1ccc(-c2ccn3ncnc3c2)cc1)Nc1cccc(C(F)(F)F)c1F. The Kier molecular flexibility index (Phi) is 4.94. The second kappa shape index (κ2) is 7.58. The van der Waals surface area contributed by atoms with Crippen LogP contribution in [0, 0.1) is 5.82 Å². The van der Waals surface area contributed by atoms with Gasteiger partial charge in [0.05, 0.1) is 17.7 Å². The first kappa shape index (κ1) is 19.6. The van der Waals surface area contributed by atoms with Crippen molar-refractivity contribution in [1.82, 2.24) is 14.6 Å². The van der Waals surface area contributed by atoms with Crippen LogP contribution in [-0.2, 0) is 17.4 Å². The minimum atomic E-state index is -4.84. The topological polar surface area (TPSA) is 59.3 Å². The average Bonchev–Trinajstić information content (AvgIpc) is 3.17. The summed E-state index contributed by atoms with van der Waals surface area (Å²) in [6.45, 7) is 0. The molecule has 152 valence electrons. The maximum atomic E-state index is 14.0. The van der Waals surface area contributed by atoms with E-state index in [1.807, 2.05) is 24.3 Å². The van der Waals surface area contributed by atoms with Crippen LogP contribution < -0.4 is 5.32 Å². The summed E-state index contributed by atoms with van der Waals surface area (Å²) in [5, 5.41) is 6.23. The number of amides is 1. The normalized spacial score (nSPS) is 11.6. The number of fused-ring (bicyclic) bond motifs is 1. The van der Waals surface area contributed by atoms with Crippen LogP contribution in [0.1, 0.15) is 11.1 Å². The van der Waals surface area contributed by atoms with Crippen LogP contribution in [0.4, 0.5) is 23.2 Å². The van der Waals surface area contributed by atoms with Crippen molar-refractivity contribution in [2.75, 3.05) is 5.32 Å². The minimum Gasteiger partial charge on any atom is -0.323 e. The maximum Gasteiger partial charge on any atom is 0.419 e. The van der Waals surface area contributed by atoms with E-state index < -0.39 is 29.2 Å². The number of hydrogen-bond donors (Lipinski definition) is 1. The van der Waals surface area contributed by atoms with Gasteiger partial charge in [-0.25, -0.2) is 13.9 Å². The highest BCUT2D eigenvalue weighted by molar-refractivity contribution is 5.92. The molecular formula is C21H14F4N4O. The molecule has 0 aliphatic rings. The molecule has 4 rings (SSSR count).